The summed E-state index contributed by atoms with van der Waals surface area (Å²) >= 11 is 1.92. The van der Waals surface area contributed by atoms with Crippen LogP contribution in [0.1, 0.15) is 22.3 Å². The zero-order valence-corrected chi connectivity index (χ0v) is 25.7. The Kier molecular flexibility index (Phi) is 4.80. The van der Waals surface area contributed by atoms with Gasteiger partial charge in [0.1, 0.15) is 0 Å². The van der Waals surface area contributed by atoms with Crippen molar-refractivity contribution in [2.75, 3.05) is 0 Å². The first-order valence-electron chi connectivity index (χ1n) is 16.0. The highest BCUT2D eigenvalue weighted by Gasteiger charge is 2.50. The minimum atomic E-state index is -0.410. The van der Waals surface area contributed by atoms with Crippen LogP contribution in [-0.2, 0) is 5.41 Å². The van der Waals surface area contributed by atoms with E-state index < -0.39 is 5.41 Å². The summed E-state index contributed by atoms with van der Waals surface area (Å²) in [4.78, 5) is 2.68. The van der Waals surface area contributed by atoms with Crippen LogP contribution < -0.4 is 0 Å². The molecule has 11 rings (SSSR count). The summed E-state index contributed by atoms with van der Waals surface area (Å²) in [7, 11) is 0. The molecule has 0 aromatic heterocycles. The molecule has 0 saturated heterocycles. The monoisotopic (exact) mass is 598 g/mol. The molecule has 212 valence electrons. The second-order valence-corrected chi connectivity index (χ2v) is 13.8. The lowest BCUT2D eigenvalue weighted by atomic mass is 9.61. The second kappa shape index (κ2) is 8.88. The van der Waals surface area contributed by atoms with Crippen molar-refractivity contribution in [3.8, 4) is 44.5 Å². The third-order valence-electron chi connectivity index (χ3n) is 10.7. The zero-order chi connectivity index (χ0) is 30.0. The van der Waals surface area contributed by atoms with E-state index in [0.29, 0.717) is 0 Å². The molecule has 0 bridgehead atoms. The summed E-state index contributed by atoms with van der Waals surface area (Å²) in [6.45, 7) is 0. The molecule has 0 fully saturated rings. The predicted octanol–water partition coefficient (Wildman–Crippen LogP) is 12.1. The maximum atomic E-state index is 2.52. The molecule has 1 aliphatic heterocycles. The Balaban J connectivity index is 1.23. The van der Waals surface area contributed by atoms with Crippen LogP contribution in [0.5, 0.6) is 0 Å². The summed E-state index contributed by atoms with van der Waals surface area (Å²) in [6.07, 6.45) is 0. The molecule has 0 N–H and O–H groups in total. The molecule has 0 amide bonds. The van der Waals surface area contributed by atoms with E-state index in [-0.39, 0.29) is 0 Å². The Morgan fingerprint density at radius 1 is 0.348 bits per heavy atom. The van der Waals surface area contributed by atoms with Crippen molar-refractivity contribution < 1.29 is 0 Å². The van der Waals surface area contributed by atoms with Crippen LogP contribution in [0.2, 0.25) is 0 Å². The van der Waals surface area contributed by atoms with Gasteiger partial charge in [-0.2, -0.15) is 0 Å². The highest BCUT2D eigenvalue weighted by Crippen LogP contribution is 2.62. The lowest BCUT2D eigenvalue weighted by molar-refractivity contribution is 0.773. The van der Waals surface area contributed by atoms with Crippen LogP contribution in [0.3, 0.4) is 0 Å². The summed E-state index contributed by atoms with van der Waals surface area (Å²) < 4.78 is 0. The predicted molar refractivity (Wildman–Crippen MR) is 193 cm³/mol. The van der Waals surface area contributed by atoms with E-state index in [2.05, 4.69) is 158 Å². The van der Waals surface area contributed by atoms with Crippen LogP contribution >= 0.6 is 11.8 Å². The highest BCUT2D eigenvalue weighted by atomic mass is 32.2. The lowest BCUT2D eigenvalue weighted by Crippen LogP contribution is -2.31. The van der Waals surface area contributed by atoms with Crippen LogP contribution in [0.25, 0.3) is 66.1 Å². The molecule has 1 heteroatoms. The molecule has 8 aromatic rings. The van der Waals surface area contributed by atoms with E-state index in [9.17, 15) is 0 Å². The van der Waals surface area contributed by atoms with Crippen molar-refractivity contribution in [2.24, 2.45) is 0 Å². The van der Waals surface area contributed by atoms with Gasteiger partial charge in [0, 0.05) is 15.2 Å². The maximum Gasteiger partial charge on any atom is 0.0725 e. The van der Waals surface area contributed by atoms with Gasteiger partial charge in [0.05, 0.1) is 5.41 Å². The van der Waals surface area contributed by atoms with E-state index in [0.717, 1.165) is 0 Å². The van der Waals surface area contributed by atoms with Crippen molar-refractivity contribution in [1.29, 1.82) is 0 Å². The first kappa shape index (κ1) is 24.9. The van der Waals surface area contributed by atoms with Crippen molar-refractivity contribution in [2.45, 2.75) is 15.2 Å². The van der Waals surface area contributed by atoms with Crippen molar-refractivity contribution in [3.63, 3.8) is 0 Å². The number of rotatable bonds is 1. The van der Waals surface area contributed by atoms with Gasteiger partial charge < -0.3 is 0 Å². The van der Waals surface area contributed by atoms with Crippen molar-refractivity contribution >= 4 is 33.3 Å². The molecule has 1 spiro atoms. The van der Waals surface area contributed by atoms with Crippen LogP contribution in [0.15, 0.2) is 168 Å². The van der Waals surface area contributed by atoms with Gasteiger partial charge in [-0.25, -0.2) is 0 Å². The minimum Gasteiger partial charge on any atom is -0.0881 e. The first-order chi connectivity index (χ1) is 22.8. The maximum absolute atomic E-state index is 2.52. The normalized spacial score (nSPS) is 16.3. The topological polar surface area (TPSA) is 0 Å². The molecule has 2 aliphatic carbocycles. The number of fused-ring (bicyclic) bond motifs is 11. The van der Waals surface area contributed by atoms with Gasteiger partial charge in [-0.3, -0.25) is 0 Å². The number of benzene rings is 8. The average molecular weight is 599 g/mol. The SMILES string of the molecule is c1ccc2c(c1)-c1ccc(-c3cccc4c3Sc3cccc5cccc-4c35)cc1C21c2ccccc2-c2cccc3cccc1c23. The average Bonchev–Trinajstić information content (AvgIpc) is 3.41. The molecular weight excluding hydrogens is 573 g/mol. The largest absolute Gasteiger partial charge is 0.0881 e. The lowest BCUT2D eigenvalue weighted by Gasteiger charge is -2.40. The molecular formula is C45H26S. The molecule has 1 atom stereocenters. The fourth-order valence-corrected chi connectivity index (χ4v) is 10.2. The Labute approximate surface area is 272 Å². The standard InChI is InChI=1S/C45H26S/c1-3-20-37-31(14-1)33-25-24-29(30-16-9-19-36-35-18-6-11-28-13-8-23-41(43(28)35)46-44(30)36)26-40(33)45(37)38-21-4-2-15-32(38)34-17-5-10-27-12-7-22-39(45)42(27)34/h1-26H. The molecule has 0 saturated carbocycles. The third kappa shape index (κ3) is 2.97. The summed E-state index contributed by atoms with van der Waals surface area (Å²) in [5, 5.41) is 5.34. The van der Waals surface area contributed by atoms with Gasteiger partial charge in [0.15, 0.2) is 0 Å². The molecule has 8 aromatic carbocycles. The van der Waals surface area contributed by atoms with E-state index in [1.54, 1.807) is 0 Å². The zero-order valence-electron chi connectivity index (χ0n) is 24.9. The number of hydrogen-bond acceptors (Lipinski definition) is 1. The quantitative estimate of drug-likeness (QED) is 0.181. The van der Waals surface area contributed by atoms with Crippen LogP contribution in [0, 0.1) is 0 Å². The Morgan fingerprint density at radius 3 is 1.65 bits per heavy atom. The van der Waals surface area contributed by atoms with Gasteiger partial charge in [0.25, 0.3) is 0 Å². The van der Waals surface area contributed by atoms with E-state index >= 15 is 0 Å². The molecule has 0 nitrogen and oxygen atoms in total. The second-order valence-electron chi connectivity index (χ2n) is 12.8. The summed E-state index contributed by atoms with van der Waals surface area (Å²) in [6, 6.07) is 59.5. The van der Waals surface area contributed by atoms with Crippen molar-refractivity contribution in [1.82, 2.24) is 0 Å². The number of hydrogen-bond donors (Lipinski definition) is 0. The summed E-state index contributed by atoms with van der Waals surface area (Å²) in [5.74, 6) is 0. The minimum absolute atomic E-state index is 0.410. The van der Waals surface area contributed by atoms with E-state index in [1.807, 2.05) is 11.8 Å². The first-order valence-corrected chi connectivity index (χ1v) is 16.8. The van der Waals surface area contributed by atoms with Gasteiger partial charge >= 0.3 is 0 Å². The molecule has 1 unspecified atom stereocenters. The fraction of sp³-hybridized carbons (Fsp3) is 0.0222. The van der Waals surface area contributed by atoms with Gasteiger partial charge in [0.2, 0.25) is 0 Å². The highest BCUT2D eigenvalue weighted by molar-refractivity contribution is 8.00. The van der Waals surface area contributed by atoms with E-state index in [4.69, 9.17) is 0 Å². The van der Waals surface area contributed by atoms with Crippen LogP contribution in [0.4, 0.5) is 0 Å². The Hall–Kier alpha value is -5.37. The van der Waals surface area contributed by atoms with Gasteiger partial charge in [-0.15, -0.1) is 0 Å². The van der Waals surface area contributed by atoms with Crippen molar-refractivity contribution in [3.05, 3.63) is 180 Å². The van der Waals surface area contributed by atoms with Gasteiger partial charge in [-0.1, -0.05) is 157 Å². The molecule has 3 aliphatic rings. The molecule has 0 radical (unpaired) electrons. The summed E-state index contributed by atoms with van der Waals surface area (Å²) in [5.41, 5.74) is 15.6. The Morgan fingerprint density at radius 2 is 0.870 bits per heavy atom. The fourth-order valence-electron chi connectivity index (χ4n) is 8.91. The van der Waals surface area contributed by atoms with E-state index in [1.165, 1.54) is 98.1 Å². The smallest absolute Gasteiger partial charge is 0.0725 e. The molecule has 46 heavy (non-hydrogen) atoms. The Bertz CT molecular complexity index is 2610. The molecule has 1 heterocycles. The van der Waals surface area contributed by atoms with Crippen LogP contribution in [-0.4, -0.2) is 0 Å². The third-order valence-corrected chi connectivity index (χ3v) is 11.9. The van der Waals surface area contributed by atoms with Gasteiger partial charge in [-0.05, 0) is 95.1 Å².